The predicted octanol–water partition coefficient (Wildman–Crippen LogP) is 3.38. The minimum Gasteiger partial charge on any atom is -0.467 e. The zero-order valence-electron chi connectivity index (χ0n) is 13.9. The third kappa shape index (κ3) is 3.36. The largest absolute Gasteiger partial charge is 0.467 e. The predicted molar refractivity (Wildman–Crippen MR) is 84.0 cm³/mol. The van der Waals surface area contributed by atoms with Crippen LogP contribution in [-0.2, 0) is 13.9 Å². The molecule has 124 valence electrons. The number of methoxy groups -OCH3 is 2. The van der Waals surface area contributed by atoms with Crippen molar-refractivity contribution in [3.63, 3.8) is 0 Å². The number of rotatable bonds is 4. The normalized spacial score (nSPS) is 26.0. The highest BCUT2D eigenvalue weighted by atomic mass is 28.4. The molecule has 2 rings (SSSR count). The molecule has 2 atom stereocenters. The molecule has 0 aliphatic carbocycles. The minimum absolute atomic E-state index is 0.401. The summed E-state index contributed by atoms with van der Waals surface area (Å²) < 4.78 is 22.7. The van der Waals surface area contributed by atoms with Crippen LogP contribution in [0.2, 0.25) is 19.6 Å². The van der Waals surface area contributed by atoms with Gasteiger partial charge in [-0.1, -0.05) is 0 Å². The highest BCUT2D eigenvalue weighted by Crippen LogP contribution is 2.44. The van der Waals surface area contributed by atoms with Crippen LogP contribution in [0.4, 0.5) is 4.79 Å². The minimum atomic E-state index is -1.91. The monoisotopic (exact) mass is 327 g/mol. The summed E-state index contributed by atoms with van der Waals surface area (Å²) in [6.45, 7) is 6.89. The Bertz CT molecular complexity index is 499. The average molecular weight is 327 g/mol. The van der Waals surface area contributed by atoms with Crippen LogP contribution in [0.15, 0.2) is 22.8 Å². The molecule has 1 aromatic heterocycles. The van der Waals surface area contributed by atoms with Gasteiger partial charge in [0.25, 0.3) is 0 Å². The van der Waals surface area contributed by atoms with Crippen LogP contribution in [0.5, 0.6) is 0 Å². The first-order chi connectivity index (χ1) is 10.3. The first kappa shape index (κ1) is 17.0. The smallest absolute Gasteiger partial charge is 0.410 e. The maximum absolute atomic E-state index is 12.2. The lowest BCUT2D eigenvalue weighted by Gasteiger charge is -2.49. The second-order valence-electron chi connectivity index (χ2n) is 6.42. The van der Waals surface area contributed by atoms with Crippen molar-refractivity contribution in [2.45, 2.75) is 44.3 Å². The molecule has 1 aromatic rings. The zero-order chi connectivity index (χ0) is 16.4. The van der Waals surface area contributed by atoms with Crippen molar-refractivity contribution in [3.8, 4) is 0 Å². The third-order valence-corrected chi connectivity index (χ3v) is 4.66. The summed E-state index contributed by atoms with van der Waals surface area (Å²) >= 11 is 0. The van der Waals surface area contributed by atoms with E-state index in [1.54, 1.807) is 24.3 Å². The van der Waals surface area contributed by atoms with E-state index in [-0.39, 0.29) is 0 Å². The van der Waals surface area contributed by atoms with Crippen molar-refractivity contribution in [2.24, 2.45) is 0 Å². The van der Waals surface area contributed by atoms with E-state index in [9.17, 15) is 4.79 Å². The fraction of sp³-hybridized carbons (Fsp3) is 0.667. The van der Waals surface area contributed by atoms with Crippen LogP contribution in [0.3, 0.4) is 0 Å². The quantitative estimate of drug-likeness (QED) is 0.627. The molecular weight excluding hydrogens is 302 g/mol. The highest BCUT2D eigenvalue weighted by molar-refractivity contribution is 6.69. The number of carbonyl (C=O) groups is 1. The number of amides is 1. The fourth-order valence-electron chi connectivity index (χ4n) is 3.01. The highest BCUT2D eigenvalue weighted by Gasteiger charge is 2.52. The van der Waals surface area contributed by atoms with E-state index < -0.39 is 26.2 Å². The summed E-state index contributed by atoms with van der Waals surface area (Å²) in [4.78, 5) is 13.8. The maximum Gasteiger partial charge on any atom is 0.410 e. The van der Waals surface area contributed by atoms with Crippen molar-refractivity contribution in [2.75, 3.05) is 20.8 Å². The van der Waals surface area contributed by atoms with Crippen molar-refractivity contribution in [3.05, 3.63) is 24.2 Å². The van der Waals surface area contributed by atoms with Crippen LogP contribution in [0, 0.1) is 0 Å². The van der Waals surface area contributed by atoms with Crippen LogP contribution in [-0.4, -0.2) is 45.9 Å². The van der Waals surface area contributed by atoms with Gasteiger partial charge in [0.05, 0.1) is 13.4 Å². The lowest BCUT2D eigenvalue weighted by Crippen LogP contribution is -2.58. The number of ether oxygens (including phenoxy) is 2. The number of carbonyl (C=O) groups excluding carboxylic acids is 1. The molecule has 22 heavy (non-hydrogen) atoms. The zero-order valence-corrected chi connectivity index (χ0v) is 14.9. The Morgan fingerprint density at radius 1 is 1.41 bits per heavy atom. The second-order valence-corrected chi connectivity index (χ2v) is 10.8. The molecule has 7 heteroatoms. The average Bonchev–Trinajstić information content (AvgIpc) is 2.98. The van der Waals surface area contributed by atoms with E-state index in [2.05, 4.69) is 19.6 Å². The molecule has 1 aliphatic heterocycles. The molecule has 1 amide bonds. The van der Waals surface area contributed by atoms with E-state index >= 15 is 0 Å². The van der Waals surface area contributed by atoms with Crippen LogP contribution in [0.25, 0.3) is 0 Å². The molecule has 1 aliphatic rings. The van der Waals surface area contributed by atoms with Gasteiger partial charge < -0.3 is 18.3 Å². The molecule has 1 saturated heterocycles. The lowest BCUT2D eigenvalue weighted by atomic mass is 9.93. The van der Waals surface area contributed by atoms with Crippen molar-refractivity contribution < 1.29 is 23.1 Å². The van der Waals surface area contributed by atoms with Crippen LogP contribution < -0.4 is 0 Å². The summed E-state index contributed by atoms with van der Waals surface area (Å²) in [6, 6.07) is 3.18. The summed E-state index contributed by atoms with van der Waals surface area (Å²) in [5, 5.41) is 0. The molecule has 6 nitrogen and oxygen atoms in total. The van der Waals surface area contributed by atoms with Gasteiger partial charge in [-0.05, 0) is 38.2 Å². The summed E-state index contributed by atoms with van der Waals surface area (Å²) in [5.41, 5.74) is 0. The molecule has 1 fully saturated rings. The molecule has 0 N–H and O–H groups in total. The second kappa shape index (κ2) is 6.43. The molecule has 0 aromatic carbocycles. The molecule has 0 saturated carbocycles. The number of likely N-dealkylation sites (tertiary alicyclic amines) is 1. The van der Waals surface area contributed by atoms with E-state index in [4.69, 9.17) is 18.3 Å². The van der Waals surface area contributed by atoms with Gasteiger partial charge >= 0.3 is 6.09 Å². The summed E-state index contributed by atoms with van der Waals surface area (Å²) in [5.74, 6) is -0.264. The Morgan fingerprint density at radius 2 is 2.14 bits per heavy atom. The number of furan rings is 1. The lowest BCUT2D eigenvalue weighted by molar-refractivity contribution is -0.232. The standard InChI is InChI=1S/C15H25NO5Si/c1-18-14(17)16-10-7-9-15(19-2,21-22(3,4)5)13(16)12-8-6-11-20-12/h6,8,11,13H,7,9-10H2,1-5H3. The van der Waals surface area contributed by atoms with Crippen LogP contribution >= 0.6 is 0 Å². The van der Waals surface area contributed by atoms with Gasteiger partial charge in [0.2, 0.25) is 0 Å². The van der Waals surface area contributed by atoms with Gasteiger partial charge in [-0.2, -0.15) is 0 Å². The van der Waals surface area contributed by atoms with Crippen molar-refractivity contribution >= 4 is 14.4 Å². The van der Waals surface area contributed by atoms with Crippen molar-refractivity contribution in [1.29, 1.82) is 0 Å². The molecule has 2 heterocycles. The SMILES string of the molecule is COC(=O)N1CCCC(OC)(O[Si](C)(C)C)C1c1ccco1. The Labute approximate surface area is 132 Å². The Hall–Kier alpha value is -1.31. The maximum atomic E-state index is 12.2. The molecule has 2 unspecified atom stereocenters. The van der Waals surface area contributed by atoms with Gasteiger partial charge in [-0.15, -0.1) is 0 Å². The third-order valence-electron chi connectivity index (χ3n) is 3.70. The van der Waals surface area contributed by atoms with Crippen LogP contribution in [0.1, 0.15) is 24.6 Å². The Kier molecular flexibility index (Phi) is 4.99. The number of hydrogen-bond donors (Lipinski definition) is 0. The van der Waals surface area contributed by atoms with Gasteiger partial charge in [-0.25, -0.2) is 4.79 Å². The summed E-state index contributed by atoms with van der Waals surface area (Å²) in [6.07, 6.45) is 2.67. The molecular formula is C15H25NO5Si. The first-order valence-electron chi connectivity index (χ1n) is 7.46. The number of nitrogens with zero attached hydrogens (tertiary/aromatic N) is 1. The van der Waals surface area contributed by atoms with E-state index in [1.807, 2.05) is 6.07 Å². The molecule has 0 bridgehead atoms. The number of piperidine rings is 1. The van der Waals surface area contributed by atoms with Crippen molar-refractivity contribution in [1.82, 2.24) is 4.90 Å². The van der Waals surface area contributed by atoms with Gasteiger partial charge in [-0.3, -0.25) is 4.90 Å². The van der Waals surface area contributed by atoms with Gasteiger partial charge in [0, 0.05) is 20.1 Å². The first-order valence-corrected chi connectivity index (χ1v) is 10.9. The fourth-order valence-corrected chi connectivity index (χ4v) is 4.34. The van der Waals surface area contributed by atoms with E-state index in [0.29, 0.717) is 18.7 Å². The Morgan fingerprint density at radius 3 is 2.64 bits per heavy atom. The number of hydrogen-bond acceptors (Lipinski definition) is 5. The van der Waals surface area contributed by atoms with E-state index in [1.165, 1.54) is 7.11 Å². The summed E-state index contributed by atoms with van der Waals surface area (Å²) in [7, 11) is 1.09. The molecule has 0 spiro atoms. The molecule has 0 radical (unpaired) electrons. The Balaban J connectivity index is 2.46. The topological polar surface area (TPSA) is 61.1 Å². The van der Waals surface area contributed by atoms with E-state index in [0.717, 1.165) is 6.42 Å². The van der Waals surface area contributed by atoms with Gasteiger partial charge in [0.15, 0.2) is 14.1 Å². The van der Waals surface area contributed by atoms with Gasteiger partial charge in [0.1, 0.15) is 11.8 Å².